The summed E-state index contributed by atoms with van der Waals surface area (Å²) in [6.45, 7) is 23.1. The van der Waals surface area contributed by atoms with Crippen molar-refractivity contribution in [1.29, 1.82) is 0 Å². The lowest BCUT2D eigenvalue weighted by Gasteiger charge is -2.72. The van der Waals surface area contributed by atoms with E-state index in [2.05, 4.69) is 68.4 Å². The van der Waals surface area contributed by atoms with Gasteiger partial charge in [-0.1, -0.05) is 74.0 Å². The Kier molecular flexibility index (Phi) is 5.12. The minimum Gasteiger partial charge on any atom is -0.303 e. The Balaban J connectivity index is 1.59. The van der Waals surface area contributed by atoms with Crippen molar-refractivity contribution in [2.75, 3.05) is 0 Å². The lowest BCUT2D eigenvalue weighted by atomic mass is 9.33. The fourth-order valence-electron chi connectivity index (χ4n) is 11.2. The zero-order valence-corrected chi connectivity index (χ0v) is 23.3. The van der Waals surface area contributed by atoms with Gasteiger partial charge in [0.25, 0.3) is 0 Å². The van der Waals surface area contributed by atoms with Crippen LogP contribution in [0.4, 0.5) is 0 Å². The predicted octanol–water partition coefficient (Wildman–Crippen LogP) is 8.87. The summed E-state index contributed by atoms with van der Waals surface area (Å²) in [6, 6.07) is 0. The molecule has 4 saturated carbocycles. The highest BCUT2D eigenvalue weighted by Gasteiger charge is 2.68. The molecule has 0 heterocycles. The second kappa shape index (κ2) is 7.00. The summed E-state index contributed by atoms with van der Waals surface area (Å²) in [5, 5.41) is 0. The lowest BCUT2D eigenvalue weighted by molar-refractivity contribution is -0.192. The molecule has 5 aliphatic carbocycles. The highest BCUT2D eigenvalue weighted by Crippen LogP contribution is 2.76. The van der Waals surface area contributed by atoms with Crippen LogP contribution >= 0.6 is 0 Å². The zero-order valence-electron chi connectivity index (χ0n) is 23.3. The quantitative estimate of drug-likeness (QED) is 0.287. The number of hydrogen-bond acceptors (Lipinski definition) is 1. The van der Waals surface area contributed by atoms with E-state index in [9.17, 15) is 4.79 Å². The molecule has 1 nitrogen and oxygen atoms in total. The van der Waals surface area contributed by atoms with Gasteiger partial charge in [-0.15, -0.1) is 0 Å². The van der Waals surface area contributed by atoms with Crippen LogP contribution in [0.5, 0.6) is 0 Å². The molecular formula is C32H52O. The van der Waals surface area contributed by atoms with Crippen LogP contribution in [0.1, 0.15) is 120 Å². The van der Waals surface area contributed by atoms with Crippen molar-refractivity contribution >= 4 is 6.29 Å². The van der Waals surface area contributed by atoms with E-state index >= 15 is 0 Å². The molecule has 0 spiro atoms. The number of rotatable bonds is 1. The molecule has 0 radical (unpaired) electrons. The predicted molar refractivity (Wildman–Crippen MR) is 139 cm³/mol. The fourth-order valence-corrected chi connectivity index (χ4v) is 11.2. The summed E-state index contributed by atoms with van der Waals surface area (Å²) < 4.78 is 0. The number of hydrogen-bond donors (Lipinski definition) is 0. The van der Waals surface area contributed by atoms with Crippen LogP contribution in [0.25, 0.3) is 0 Å². The van der Waals surface area contributed by atoms with Crippen molar-refractivity contribution in [3.8, 4) is 0 Å². The molecular weight excluding hydrogens is 400 g/mol. The van der Waals surface area contributed by atoms with E-state index in [0.717, 1.165) is 24.2 Å². The molecule has 5 aliphatic rings. The van der Waals surface area contributed by atoms with Gasteiger partial charge in [0.1, 0.15) is 6.29 Å². The second-order valence-electron chi connectivity index (χ2n) is 15.9. The molecule has 0 aromatic rings. The topological polar surface area (TPSA) is 17.1 Å². The van der Waals surface area contributed by atoms with Crippen molar-refractivity contribution in [1.82, 2.24) is 0 Å². The zero-order chi connectivity index (χ0) is 24.2. The number of allylic oxidation sites excluding steroid dienone is 2. The van der Waals surface area contributed by atoms with E-state index in [1.54, 1.807) is 5.57 Å². The van der Waals surface area contributed by atoms with Crippen LogP contribution in [0.2, 0.25) is 0 Å². The molecule has 5 rings (SSSR count). The molecule has 0 N–H and O–H groups in total. The molecule has 9 atom stereocenters. The maximum Gasteiger partial charge on any atom is 0.123 e. The summed E-state index contributed by atoms with van der Waals surface area (Å²) in [5.41, 5.74) is 3.80. The third-order valence-electron chi connectivity index (χ3n) is 13.9. The molecule has 4 fully saturated rings. The molecule has 0 saturated heterocycles. The smallest absolute Gasteiger partial charge is 0.123 e. The second-order valence-corrected chi connectivity index (χ2v) is 15.9. The van der Waals surface area contributed by atoms with E-state index in [4.69, 9.17) is 0 Å². The molecule has 33 heavy (non-hydrogen) atoms. The van der Waals surface area contributed by atoms with Gasteiger partial charge in [0.2, 0.25) is 0 Å². The molecule has 9 unspecified atom stereocenters. The molecule has 0 bridgehead atoms. The summed E-state index contributed by atoms with van der Waals surface area (Å²) in [6.07, 6.45) is 15.8. The average Bonchev–Trinajstić information content (AvgIpc) is 2.72. The summed E-state index contributed by atoms with van der Waals surface area (Å²) in [5.74, 6) is 3.29. The molecule has 0 amide bonds. The van der Waals surface area contributed by atoms with Gasteiger partial charge >= 0.3 is 0 Å². The average molecular weight is 453 g/mol. The first-order valence-corrected chi connectivity index (χ1v) is 14.3. The van der Waals surface area contributed by atoms with E-state index < -0.39 is 0 Å². The van der Waals surface area contributed by atoms with Crippen LogP contribution in [0.3, 0.4) is 0 Å². The van der Waals surface area contributed by atoms with Crippen molar-refractivity contribution < 1.29 is 4.79 Å². The standard InChI is InChI=1S/C32H52O/c1-21-12-14-30(7)25(28(21,4)5)13-15-32(9)26(30)11-10-23-24-19-27(2,3)18-22(20-33)29(24,6)16-17-31(23,32)8/h10,20-22,24-26H,11-19H2,1-9H3. The van der Waals surface area contributed by atoms with E-state index in [-0.39, 0.29) is 16.7 Å². The Morgan fingerprint density at radius 3 is 2.18 bits per heavy atom. The van der Waals surface area contributed by atoms with Gasteiger partial charge in [-0.05, 0) is 114 Å². The molecule has 0 aromatic carbocycles. The van der Waals surface area contributed by atoms with Gasteiger partial charge in [0.05, 0.1) is 0 Å². The largest absolute Gasteiger partial charge is 0.303 e. The maximum absolute atomic E-state index is 12.3. The first-order valence-electron chi connectivity index (χ1n) is 14.3. The SMILES string of the molecule is CC1CCC2(C)C(CCC3(C)C2CC=C2C4CC(C)(C)CC(C=O)C4(C)CCC23C)C1(C)C. The Hall–Kier alpha value is -0.590. The monoisotopic (exact) mass is 452 g/mol. The minimum absolute atomic E-state index is 0.162. The van der Waals surface area contributed by atoms with Crippen LogP contribution in [0.15, 0.2) is 11.6 Å². The highest BCUT2D eigenvalue weighted by molar-refractivity contribution is 5.57. The number of fused-ring (bicyclic) bond motifs is 7. The molecule has 0 aliphatic heterocycles. The molecule has 1 heteroatoms. The lowest BCUT2D eigenvalue weighted by Crippen LogP contribution is -2.64. The van der Waals surface area contributed by atoms with Gasteiger partial charge in [0.15, 0.2) is 0 Å². The first kappa shape index (κ1) is 24.1. The Morgan fingerprint density at radius 2 is 1.52 bits per heavy atom. The summed E-state index contributed by atoms with van der Waals surface area (Å²) in [4.78, 5) is 12.3. The molecule has 186 valence electrons. The van der Waals surface area contributed by atoms with Gasteiger partial charge in [-0.25, -0.2) is 0 Å². The Morgan fingerprint density at radius 1 is 0.818 bits per heavy atom. The van der Waals surface area contributed by atoms with Crippen molar-refractivity contribution in [2.45, 2.75) is 120 Å². The Bertz CT molecular complexity index is 864. The Labute approximate surface area is 204 Å². The highest BCUT2D eigenvalue weighted by atomic mass is 16.1. The van der Waals surface area contributed by atoms with E-state index in [0.29, 0.717) is 27.6 Å². The van der Waals surface area contributed by atoms with Crippen LogP contribution in [-0.4, -0.2) is 6.29 Å². The number of carbonyl (C=O) groups excluding carboxylic acids is 1. The fraction of sp³-hybridized carbons (Fsp3) is 0.906. The maximum atomic E-state index is 12.3. The van der Waals surface area contributed by atoms with Crippen LogP contribution < -0.4 is 0 Å². The minimum atomic E-state index is 0.162. The van der Waals surface area contributed by atoms with Crippen molar-refractivity contribution in [3.63, 3.8) is 0 Å². The van der Waals surface area contributed by atoms with E-state index in [1.165, 1.54) is 57.7 Å². The summed E-state index contributed by atoms with van der Waals surface area (Å²) >= 11 is 0. The first-order chi connectivity index (χ1) is 15.2. The third-order valence-corrected chi connectivity index (χ3v) is 13.9. The molecule has 0 aromatic heterocycles. The van der Waals surface area contributed by atoms with Crippen LogP contribution in [0, 0.1) is 62.1 Å². The van der Waals surface area contributed by atoms with Crippen LogP contribution in [-0.2, 0) is 4.79 Å². The van der Waals surface area contributed by atoms with E-state index in [1.807, 2.05) is 0 Å². The van der Waals surface area contributed by atoms with Crippen molar-refractivity contribution in [2.24, 2.45) is 62.1 Å². The van der Waals surface area contributed by atoms with Gasteiger partial charge < -0.3 is 4.79 Å². The number of carbonyl (C=O) groups is 1. The third kappa shape index (κ3) is 2.92. The summed E-state index contributed by atoms with van der Waals surface area (Å²) in [7, 11) is 0. The van der Waals surface area contributed by atoms with Gasteiger partial charge in [0, 0.05) is 5.92 Å². The normalized spacial score (nSPS) is 54.7. The van der Waals surface area contributed by atoms with Crippen molar-refractivity contribution in [3.05, 3.63) is 11.6 Å². The number of aldehydes is 1. The van der Waals surface area contributed by atoms with Gasteiger partial charge in [-0.3, -0.25) is 0 Å². The van der Waals surface area contributed by atoms with Gasteiger partial charge in [-0.2, -0.15) is 0 Å².